The van der Waals surface area contributed by atoms with E-state index in [0.717, 1.165) is 0 Å². The van der Waals surface area contributed by atoms with Crippen molar-refractivity contribution in [3.63, 3.8) is 0 Å². The number of carboxylic acids is 1. The zero-order valence-corrected chi connectivity index (χ0v) is 9.08. The first-order chi connectivity index (χ1) is 8.11. The number of pyridine rings is 1. The predicted molar refractivity (Wildman–Crippen MR) is 58.1 cm³/mol. The van der Waals surface area contributed by atoms with Gasteiger partial charge in [-0.05, 0) is 19.1 Å². The number of nitrogens with zero attached hydrogens (tertiary/aromatic N) is 2. The fourth-order valence-electron chi connectivity index (χ4n) is 1.42. The van der Waals surface area contributed by atoms with E-state index in [0.29, 0.717) is 5.65 Å². The maximum absolute atomic E-state index is 11.4. The van der Waals surface area contributed by atoms with Crippen molar-refractivity contribution in [2.75, 3.05) is 6.61 Å². The van der Waals surface area contributed by atoms with Crippen LogP contribution in [0, 0.1) is 0 Å². The number of carbonyl (C=O) groups excluding carboxylic acids is 1. The minimum absolute atomic E-state index is 0.130. The van der Waals surface area contributed by atoms with Gasteiger partial charge < -0.3 is 14.2 Å². The summed E-state index contributed by atoms with van der Waals surface area (Å²) in [5.74, 6) is -1.55. The number of fused-ring (bicyclic) bond motifs is 1. The zero-order chi connectivity index (χ0) is 12.4. The Balaban J connectivity index is 2.43. The molecule has 2 heterocycles. The summed E-state index contributed by atoms with van der Waals surface area (Å²) in [6.45, 7) is 1.98. The number of hydrogen-bond acceptors (Lipinski definition) is 4. The second-order valence-electron chi connectivity index (χ2n) is 3.34. The summed E-state index contributed by atoms with van der Waals surface area (Å²) in [7, 11) is 0. The minimum atomic E-state index is -1.03. The van der Waals surface area contributed by atoms with Crippen LogP contribution in [0.25, 0.3) is 5.65 Å². The molecule has 0 aliphatic heterocycles. The molecule has 0 aliphatic rings. The van der Waals surface area contributed by atoms with Crippen LogP contribution in [0.15, 0.2) is 24.5 Å². The number of carbonyl (C=O) groups is 2. The third kappa shape index (κ3) is 2.10. The average molecular weight is 234 g/mol. The van der Waals surface area contributed by atoms with E-state index < -0.39 is 11.9 Å². The molecule has 0 saturated heterocycles. The molecule has 0 aromatic carbocycles. The molecule has 2 rings (SSSR count). The van der Waals surface area contributed by atoms with E-state index in [9.17, 15) is 9.59 Å². The van der Waals surface area contributed by atoms with Gasteiger partial charge in [-0.2, -0.15) is 0 Å². The van der Waals surface area contributed by atoms with Gasteiger partial charge in [0.1, 0.15) is 5.65 Å². The highest BCUT2D eigenvalue weighted by molar-refractivity contribution is 5.89. The molecular formula is C11H10N2O4. The first kappa shape index (κ1) is 11.1. The Morgan fingerprint density at radius 1 is 1.41 bits per heavy atom. The van der Waals surface area contributed by atoms with E-state index in [1.807, 2.05) is 0 Å². The molecule has 0 atom stereocenters. The minimum Gasteiger partial charge on any atom is -0.478 e. The molecular weight excluding hydrogens is 224 g/mol. The predicted octanol–water partition coefficient (Wildman–Crippen LogP) is 1.21. The molecule has 0 bridgehead atoms. The van der Waals surface area contributed by atoms with Crippen molar-refractivity contribution in [3.8, 4) is 0 Å². The lowest BCUT2D eigenvalue weighted by Crippen LogP contribution is -2.04. The molecule has 17 heavy (non-hydrogen) atoms. The average Bonchev–Trinajstić information content (AvgIpc) is 2.71. The van der Waals surface area contributed by atoms with E-state index in [2.05, 4.69) is 4.98 Å². The monoisotopic (exact) mass is 234 g/mol. The first-order valence-corrected chi connectivity index (χ1v) is 5.01. The fraction of sp³-hybridized carbons (Fsp3) is 0.182. The van der Waals surface area contributed by atoms with Crippen LogP contribution in [0.4, 0.5) is 0 Å². The van der Waals surface area contributed by atoms with Crippen molar-refractivity contribution >= 4 is 17.6 Å². The molecule has 0 radical (unpaired) electrons. The highest BCUT2D eigenvalue weighted by atomic mass is 16.5. The number of rotatable bonds is 3. The third-order valence-electron chi connectivity index (χ3n) is 2.18. The maximum Gasteiger partial charge on any atom is 0.358 e. The molecule has 6 nitrogen and oxygen atoms in total. The number of ether oxygens (including phenoxy) is 1. The van der Waals surface area contributed by atoms with Crippen molar-refractivity contribution in [2.24, 2.45) is 0 Å². The van der Waals surface area contributed by atoms with E-state index in [1.54, 1.807) is 6.92 Å². The Morgan fingerprint density at radius 2 is 2.18 bits per heavy atom. The van der Waals surface area contributed by atoms with Gasteiger partial charge in [0.15, 0.2) is 5.69 Å². The van der Waals surface area contributed by atoms with Gasteiger partial charge in [0.2, 0.25) is 0 Å². The van der Waals surface area contributed by atoms with Crippen LogP contribution in [0.1, 0.15) is 27.8 Å². The normalized spacial score (nSPS) is 10.4. The smallest absolute Gasteiger partial charge is 0.358 e. The van der Waals surface area contributed by atoms with Crippen LogP contribution in [0.3, 0.4) is 0 Å². The van der Waals surface area contributed by atoms with Crippen molar-refractivity contribution in [1.29, 1.82) is 0 Å². The van der Waals surface area contributed by atoms with Crippen LogP contribution >= 0.6 is 0 Å². The molecule has 0 amide bonds. The Morgan fingerprint density at radius 3 is 2.82 bits per heavy atom. The van der Waals surface area contributed by atoms with Crippen molar-refractivity contribution in [3.05, 3.63) is 35.8 Å². The number of imidazole rings is 1. The lowest BCUT2D eigenvalue weighted by Gasteiger charge is -1.95. The second kappa shape index (κ2) is 4.25. The van der Waals surface area contributed by atoms with Crippen molar-refractivity contribution in [1.82, 2.24) is 9.38 Å². The maximum atomic E-state index is 11.4. The van der Waals surface area contributed by atoms with Gasteiger partial charge in [-0.15, -0.1) is 0 Å². The number of hydrogen-bond donors (Lipinski definition) is 1. The Bertz CT molecular complexity index is 588. The third-order valence-corrected chi connectivity index (χ3v) is 2.18. The molecule has 0 aliphatic carbocycles. The summed E-state index contributed by atoms with van der Waals surface area (Å²) >= 11 is 0. The molecule has 2 aromatic heterocycles. The van der Waals surface area contributed by atoms with Gasteiger partial charge >= 0.3 is 11.9 Å². The molecule has 1 N–H and O–H groups in total. The lowest BCUT2D eigenvalue weighted by molar-refractivity contribution is 0.0520. The van der Waals surface area contributed by atoms with Crippen molar-refractivity contribution in [2.45, 2.75) is 6.92 Å². The number of aromatic nitrogens is 2. The summed E-state index contributed by atoms with van der Waals surface area (Å²) in [5, 5.41) is 8.82. The van der Waals surface area contributed by atoms with Gasteiger partial charge in [-0.1, -0.05) is 0 Å². The Kier molecular flexibility index (Phi) is 2.78. The molecule has 0 fully saturated rings. The van der Waals surface area contributed by atoms with E-state index in [1.165, 1.54) is 28.9 Å². The van der Waals surface area contributed by atoms with Crippen LogP contribution in [-0.2, 0) is 4.74 Å². The Hall–Kier alpha value is -2.37. The van der Waals surface area contributed by atoms with E-state index in [-0.39, 0.29) is 17.9 Å². The SMILES string of the molecule is CCOC(=O)c1cn2cc(C(=O)O)ccc2n1. The molecule has 2 aromatic rings. The topological polar surface area (TPSA) is 80.9 Å². The second-order valence-corrected chi connectivity index (χ2v) is 3.34. The number of carboxylic acid groups (broad SMARTS) is 1. The Labute approximate surface area is 96.5 Å². The van der Waals surface area contributed by atoms with Gasteiger partial charge in [-0.3, -0.25) is 0 Å². The summed E-state index contributed by atoms with van der Waals surface area (Å²) < 4.78 is 6.29. The number of esters is 1. The van der Waals surface area contributed by atoms with Crippen LogP contribution in [0.5, 0.6) is 0 Å². The van der Waals surface area contributed by atoms with Crippen LogP contribution in [-0.4, -0.2) is 33.0 Å². The number of aromatic carboxylic acids is 1. The van der Waals surface area contributed by atoms with Gasteiger partial charge in [-0.25, -0.2) is 14.6 Å². The van der Waals surface area contributed by atoms with Crippen LogP contribution < -0.4 is 0 Å². The highest BCUT2D eigenvalue weighted by Gasteiger charge is 2.12. The summed E-state index contributed by atoms with van der Waals surface area (Å²) in [6.07, 6.45) is 2.84. The van der Waals surface area contributed by atoms with E-state index >= 15 is 0 Å². The van der Waals surface area contributed by atoms with Gasteiger partial charge in [0.25, 0.3) is 0 Å². The summed E-state index contributed by atoms with van der Waals surface area (Å²) in [5.41, 5.74) is 0.790. The molecule has 0 spiro atoms. The fourth-order valence-corrected chi connectivity index (χ4v) is 1.42. The van der Waals surface area contributed by atoms with E-state index in [4.69, 9.17) is 9.84 Å². The standard InChI is InChI=1S/C11H10N2O4/c1-2-17-11(16)8-6-13-5-7(10(14)15)3-4-9(13)12-8/h3-6H,2H2,1H3,(H,14,15). The largest absolute Gasteiger partial charge is 0.478 e. The highest BCUT2D eigenvalue weighted by Crippen LogP contribution is 2.09. The molecule has 88 valence electrons. The van der Waals surface area contributed by atoms with Crippen LogP contribution in [0.2, 0.25) is 0 Å². The van der Waals surface area contributed by atoms with Gasteiger partial charge in [0.05, 0.1) is 12.2 Å². The summed E-state index contributed by atoms with van der Waals surface area (Å²) in [6, 6.07) is 2.96. The van der Waals surface area contributed by atoms with Gasteiger partial charge in [0, 0.05) is 12.4 Å². The molecule has 6 heteroatoms. The molecule has 0 saturated carbocycles. The van der Waals surface area contributed by atoms with Crippen molar-refractivity contribution < 1.29 is 19.4 Å². The first-order valence-electron chi connectivity index (χ1n) is 5.01. The zero-order valence-electron chi connectivity index (χ0n) is 9.08. The quantitative estimate of drug-likeness (QED) is 0.807. The molecule has 0 unspecified atom stereocenters. The summed E-state index contributed by atoms with van der Waals surface area (Å²) in [4.78, 5) is 26.2. The lowest BCUT2D eigenvalue weighted by atomic mass is 10.3.